The molecule has 1 aromatic heterocycles. The zero-order valence-electron chi connectivity index (χ0n) is 17.3. The van der Waals surface area contributed by atoms with Crippen LogP contribution in [0.15, 0.2) is 40.8 Å². The minimum Gasteiger partial charge on any atom is -0.323 e. The third-order valence-electron chi connectivity index (χ3n) is 6.15. The van der Waals surface area contributed by atoms with Gasteiger partial charge in [0.05, 0.1) is 0 Å². The van der Waals surface area contributed by atoms with Crippen molar-refractivity contribution >= 4 is 29.2 Å². The van der Waals surface area contributed by atoms with Crippen molar-refractivity contribution in [3.05, 3.63) is 51.8 Å². The number of benzene rings is 1. The molecule has 2 heterocycles. The van der Waals surface area contributed by atoms with Gasteiger partial charge in [-0.3, -0.25) is 14.5 Å². The minimum atomic E-state index is -0.857. The molecule has 4 amide bonds. The predicted molar refractivity (Wildman–Crippen MR) is 114 cm³/mol. The van der Waals surface area contributed by atoms with Crippen LogP contribution in [0.2, 0.25) is 0 Å². The van der Waals surface area contributed by atoms with Gasteiger partial charge in [-0.15, -0.1) is 11.3 Å². The third kappa shape index (κ3) is 3.84. The molecule has 1 N–H and O–H groups in total. The van der Waals surface area contributed by atoms with E-state index in [4.69, 9.17) is 0 Å². The Morgan fingerprint density at radius 2 is 2.03 bits per heavy atom. The molecular formula is C22H26N4O3S. The van der Waals surface area contributed by atoms with E-state index >= 15 is 0 Å². The summed E-state index contributed by atoms with van der Waals surface area (Å²) in [5, 5.41) is 4.74. The number of carbonyl (C=O) groups excluding carboxylic acids is 3. The number of hydrogen-bond donors (Lipinski definition) is 1. The highest BCUT2D eigenvalue weighted by atomic mass is 32.1. The molecule has 2 fully saturated rings. The summed E-state index contributed by atoms with van der Waals surface area (Å²) in [5.41, 5.74) is 1.44. The maximum atomic E-state index is 13.0. The molecule has 1 saturated carbocycles. The molecule has 2 unspecified atom stereocenters. The second kappa shape index (κ2) is 8.18. The van der Waals surface area contributed by atoms with Crippen LogP contribution >= 0.6 is 11.3 Å². The fourth-order valence-corrected chi connectivity index (χ4v) is 5.06. The lowest BCUT2D eigenvalue weighted by Crippen LogP contribution is -2.54. The van der Waals surface area contributed by atoms with Crippen LogP contribution in [-0.4, -0.2) is 39.4 Å². The van der Waals surface area contributed by atoms with Crippen LogP contribution in [0.5, 0.6) is 0 Å². The van der Waals surface area contributed by atoms with Crippen LogP contribution in [0.1, 0.15) is 43.7 Å². The van der Waals surface area contributed by atoms with Gasteiger partial charge >= 0.3 is 6.03 Å². The average molecular weight is 427 g/mol. The molecule has 0 radical (unpaired) electrons. The summed E-state index contributed by atoms with van der Waals surface area (Å²) in [4.78, 5) is 43.9. The van der Waals surface area contributed by atoms with Gasteiger partial charge in [0.2, 0.25) is 0 Å². The van der Waals surface area contributed by atoms with E-state index in [0.717, 1.165) is 29.7 Å². The number of nitrogens with zero attached hydrogens (tertiary/aromatic N) is 3. The van der Waals surface area contributed by atoms with E-state index in [0.29, 0.717) is 17.8 Å². The molecule has 2 aliphatic rings. The first-order chi connectivity index (χ1) is 14.4. The zero-order chi connectivity index (χ0) is 21.3. The highest BCUT2D eigenvalue weighted by Gasteiger charge is 2.55. The van der Waals surface area contributed by atoms with E-state index < -0.39 is 17.5 Å². The maximum Gasteiger partial charge on any atom is 0.325 e. The van der Waals surface area contributed by atoms with Crippen molar-refractivity contribution in [2.45, 2.75) is 51.6 Å². The molecule has 1 aromatic carbocycles. The summed E-state index contributed by atoms with van der Waals surface area (Å²) < 4.78 is 1.89. The van der Waals surface area contributed by atoms with Gasteiger partial charge in [0.1, 0.15) is 12.1 Å². The summed E-state index contributed by atoms with van der Waals surface area (Å²) in [6.07, 6.45) is 5.36. The largest absolute Gasteiger partial charge is 0.325 e. The van der Waals surface area contributed by atoms with Crippen molar-refractivity contribution in [1.82, 2.24) is 14.8 Å². The summed E-state index contributed by atoms with van der Waals surface area (Å²) in [5.74, 6) is -0.727. The number of aromatic nitrogens is 1. The van der Waals surface area contributed by atoms with Crippen LogP contribution in [0.4, 0.5) is 4.79 Å². The minimum absolute atomic E-state index is 0.0636. The van der Waals surface area contributed by atoms with E-state index in [1.54, 1.807) is 0 Å². The van der Waals surface area contributed by atoms with E-state index in [9.17, 15) is 14.4 Å². The molecule has 4 rings (SSSR count). The first-order valence-electron chi connectivity index (χ1n) is 10.3. The Balaban J connectivity index is 1.49. The number of amides is 4. The van der Waals surface area contributed by atoms with Crippen molar-refractivity contribution in [2.75, 3.05) is 6.54 Å². The number of rotatable bonds is 4. The van der Waals surface area contributed by atoms with Gasteiger partial charge in [0.15, 0.2) is 4.80 Å². The van der Waals surface area contributed by atoms with Crippen LogP contribution in [0.25, 0.3) is 0 Å². The highest BCUT2D eigenvalue weighted by Crippen LogP contribution is 2.38. The highest BCUT2D eigenvalue weighted by molar-refractivity contribution is 7.07. The number of hydrogen-bond acceptors (Lipinski definition) is 4. The molecule has 1 spiro atoms. The Morgan fingerprint density at radius 3 is 2.77 bits per heavy atom. The Kier molecular flexibility index (Phi) is 5.60. The van der Waals surface area contributed by atoms with Crippen molar-refractivity contribution < 1.29 is 14.4 Å². The molecule has 2 atom stereocenters. The lowest BCUT2D eigenvalue weighted by atomic mass is 9.73. The smallest absolute Gasteiger partial charge is 0.323 e. The van der Waals surface area contributed by atoms with Gasteiger partial charge < -0.3 is 9.88 Å². The van der Waals surface area contributed by atoms with Crippen molar-refractivity contribution in [2.24, 2.45) is 10.9 Å². The number of aryl methyl sites for hydroxylation is 1. The predicted octanol–water partition coefficient (Wildman–Crippen LogP) is 2.83. The lowest BCUT2D eigenvalue weighted by molar-refractivity contribution is -0.136. The zero-order valence-corrected chi connectivity index (χ0v) is 18.1. The fraction of sp³-hybridized carbons (Fsp3) is 0.455. The van der Waals surface area contributed by atoms with Gasteiger partial charge in [0, 0.05) is 18.1 Å². The molecule has 1 aliphatic carbocycles. The summed E-state index contributed by atoms with van der Waals surface area (Å²) in [6.45, 7) is 4.29. The second-order valence-corrected chi connectivity index (χ2v) is 9.12. The van der Waals surface area contributed by atoms with Crippen molar-refractivity contribution in [3.63, 3.8) is 0 Å². The van der Waals surface area contributed by atoms with Crippen molar-refractivity contribution in [1.29, 1.82) is 0 Å². The Hall–Kier alpha value is -2.74. The topological polar surface area (TPSA) is 83.8 Å². The maximum absolute atomic E-state index is 13.0. The van der Waals surface area contributed by atoms with E-state index in [1.807, 2.05) is 54.3 Å². The van der Waals surface area contributed by atoms with Crippen LogP contribution < -0.4 is 10.1 Å². The molecule has 0 bridgehead atoms. The Morgan fingerprint density at radius 1 is 1.27 bits per heavy atom. The monoisotopic (exact) mass is 426 g/mol. The van der Waals surface area contributed by atoms with Crippen LogP contribution in [0.3, 0.4) is 0 Å². The Bertz CT molecular complexity index is 1040. The molecule has 1 saturated heterocycles. The number of carbonyl (C=O) groups is 3. The third-order valence-corrected chi connectivity index (χ3v) is 6.94. The van der Waals surface area contributed by atoms with Gasteiger partial charge in [-0.05, 0) is 31.2 Å². The standard InChI is InChI=1S/C22H26N4O3S/c1-15-6-8-17(9-7-15)13-25-11-12-30-21(25)23-18(27)14-26-19(28)22(24-20(26)29)10-4-3-5-16(22)2/h6-9,11-12,16H,3-5,10,13-14H2,1-2H3,(H,24,29). The number of imide groups is 1. The molecule has 8 heteroatoms. The quantitative estimate of drug-likeness (QED) is 0.763. The number of nitrogens with one attached hydrogen (secondary N) is 1. The first-order valence-corrected chi connectivity index (χ1v) is 11.2. The molecule has 1 aliphatic heterocycles. The molecule has 2 aromatic rings. The normalized spacial score (nSPS) is 24.5. The van der Waals surface area contributed by atoms with Gasteiger partial charge in [0.25, 0.3) is 11.8 Å². The first kappa shape index (κ1) is 20.5. The second-order valence-electron chi connectivity index (χ2n) is 8.24. The molecule has 158 valence electrons. The number of urea groups is 1. The SMILES string of the molecule is Cc1ccc(Cn2ccsc2=NC(=O)CN2C(=O)NC3(CCCCC3C)C2=O)cc1. The summed E-state index contributed by atoms with van der Waals surface area (Å²) in [7, 11) is 0. The lowest BCUT2D eigenvalue weighted by Gasteiger charge is -2.36. The summed E-state index contributed by atoms with van der Waals surface area (Å²) >= 11 is 1.35. The molecule has 7 nitrogen and oxygen atoms in total. The molecule has 30 heavy (non-hydrogen) atoms. The van der Waals surface area contributed by atoms with Gasteiger partial charge in [-0.2, -0.15) is 4.99 Å². The van der Waals surface area contributed by atoms with Crippen molar-refractivity contribution in [3.8, 4) is 0 Å². The fourth-order valence-electron chi connectivity index (χ4n) is 4.31. The van der Waals surface area contributed by atoms with E-state index in [-0.39, 0.29) is 18.4 Å². The van der Waals surface area contributed by atoms with Gasteiger partial charge in [-0.25, -0.2) is 4.79 Å². The van der Waals surface area contributed by atoms with Crippen LogP contribution in [-0.2, 0) is 16.1 Å². The van der Waals surface area contributed by atoms with Gasteiger partial charge in [-0.1, -0.05) is 49.6 Å². The van der Waals surface area contributed by atoms with Crippen LogP contribution in [0, 0.1) is 12.8 Å². The van der Waals surface area contributed by atoms with E-state index in [1.165, 1.54) is 16.9 Å². The number of thiazole rings is 1. The Labute approximate surface area is 179 Å². The molecular weight excluding hydrogens is 400 g/mol. The summed E-state index contributed by atoms with van der Waals surface area (Å²) in [6, 6.07) is 7.69. The average Bonchev–Trinajstić information content (AvgIpc) is 3.24. The van der Waals surface area contributed by atoms with E-state index in [2.05, 4.69) is 10.3 Å².